The summed E-state index contributed by atoms with van der Waals surface area (Å²) >= 11 is 0. The van der Waals surface area contributed by atoms with E-state index in [1.807, 2.05) is 11.0 Å². The van der Waals surface area contributed by atoms with E-state index in [1.54, 1.807) is 51.2 Å². The number of carbonyl (C=O) groups is 2. The van der Waals surface area contributed by atoms with E-state index >= 15 is 0 Å². The van der Waals surface area contributed by atoms with Crippen LogP contribution in [-0.4, -0.2) is 56.5 Å². The molecule has 1 aromatic carbocycles. The number of aliphatic hydroxyl groups excluding tert-OH is 1. The molecule has 1 saturated heterocycles. The number of ketones is 1. The number of aliphatic hydroxyl groups is 1. The third-order valence-electron chi connectivity index (χ3n) is 6.35. The Balaban J connectivity index is 1.43. The van der Waals surface area contributed by atoms with Gasteiger partial charge in [-0.2, -0.15) is 9.78 Å². The summed E-state index contributed by atoms with van der Waals surface area (Å²) in [6, 6.07) is 7.62. The van der Waals surface area contributed by atoms with E-state index in [9.17, 15) is 19.1 Å². The summed E-state index contributed by atoms with van der Waals surface area (Å²) < 4.78 is 21.2. The van der Waals surface area contributed by atoms with E-state index in [-0.39, 0.29) is 17.5 Å². The molecule has 35 heavy (non-hydrogen) atoms. The van der Waals surface area contributed by atoms with Crippen LogP contribution in [0.4, 0.5) is 9.18 Å². The van der Waals surface area contributed by atoms with Gasteiger partial charge in [0.1, 0.15) is 11.4 Å². The van der Waals surface area contributed by atoms with Crippen molar-refractivity contribution in [3.8, 4) is 0 Å². The fourth-order valence-electron chi connectivity index (χ4n) is 4.44. The lowest BCUT2D eigenvalue weighted by Gasteiger charge is -2.37. The smallest absolute Gasteiger partial charge is 0.435 e. The molecule has 7 nitrogen and oxygen atoms in total. The predicted octanol–water partition coefficient (Wildman–Crippen LogP) is 4.45. The van der Waals surface area contributed by atoms with Crippen molar-refractivity contribution in [1.29, 1.82) is 0 Å². The first kappa shape index (κ1) is 25.3. The van der Waals surface area contributed by atoms with Crippen LogP contribution in [0.25, 0.3) is 0 Å². The molecule has 2 aliphatic rings. The highest BCUT2D eigenvalue weighted by molar-refractivity contribution is 5.89. The Kier molecular flexibility index (Phi) is 7.52. The zero-order chi connectivity index (χ0) is 25.2. The van der Waals surface area contributed by atoms with Gasteiger partial charge in [0, 0.05) is 30.8 Å². The van der Waals surface area contributed by atoms with Gasteiger partial charge in [-0.3, -0.25) is 9.69 Å². The van der Waals surface area contributed by atoms with E-state index in [2.05, 4.69) is 5.10 Å². The van der Waals surface area contributed by atoms with Gasteiger partial charge in [-0.15, -0.1) is 0 Å². The molecule has 0 spiro atoms. The molecule has 1 aliphatic heterocycles. The van der Waals surface area contributed by atoms with Gasteiger partial charge in [-0.05, 0) is 70.6 Å². The number of nitrogens with zero attached hydrogens (tertiary/aromatic N) is 3. The number of benzene rings is 1. The highest BCUT2D eigenvalue weighted by Crippen LogP contribution is 2.39. The second kappa shape index (κ2) is 10.4. The number of allylic oxidation sites excluding steroid dienone is 1. The summed E-state index contributed by atoms with van der Waals surface area (Å²) in [4.78, 5) is 27.3. The van der Waals surface area contributed by atoms with Crippen molar-refractivity contribution in [2.45, 2.75) is 70.6 Å². The molecule has 2 heterocycles. The molecule has 0 radical (unpaired) electrons. The van der Waals surface area contributed by atoms with Crippen LogP contribution in [0.2, 0.25) is 0 Å². The summed E-state index contributed by atoms with van der Waals surface area (Å²) in [5.41, 5.74) is 1.38. The fourth-order valence-corrected chi connectivity index (χ4v) is 4.44. The number of Topliss-reactive ketones (excluding diaryl/α,β-unsaturated/α-hetero) is 1. The lowest BCUT2D eigenvalue weighted by atomic mass is 9.92. The summed E-state index contributed by atoms with van der Waals surface area (Å²) in [6.07, 6.45) is 5.85. The maximum atomic E-state index is 14.7. The minimum absolute atomic E-state index is 0.000954. The lowest BCUT2D eigenvalue weighted by Crippen LogP contribution is -2.43. The van der Waals surface area contributed by atoms with E-state index < -0.39 is 23.8 Å². The first-order chi connectivity index (χ1) is 16.6. The second-order valence-corrected chi connectivity index (χ2v) is 10.4. The topological polar surface area (TPSA) is 84.7 Å². The van der Waals surface area contributed by atoms with Gasteiger partial charge < -0.3 is 9.84 Å². The van der Waals surface area contributed by atoms with Crippen LogP contribution in [0.15, 0.2) is 48.2 Å². The van der Waals surface area contributed by atoms with E-state index in [1.165, 1.54) is 10.7 Å². The standard InChI is InChI=1S/C27H34FN3O4/c1-27(2,3)35-26(34)31-16-13-20(29-31)8-6-7-19-17-30(15-14-23(19)32)24(25(33)18-11-12-18)21-9-4-5-10-22(21)28/h4-5,7,9-10,13,16,18,23-24,32H,6,8,11-12,14-15,17H2,1-3H3/b19-7-. The number of carbonyl (C=O) groups excluding carboxylic acids is 2. The molecule has 1 aromatic heterocycles. The minimum atomic E-state index is -0.635. The molecule has 2 atom stereocenters. The number of halogens is 1. The van der Waals surface area contributed by atoms with Crippen LogP contribution in [-0.2, 0) is 16.0 Å². The molecule has 4 rings (SSSR count). The van der Waals surface area contributed by atoms with Gasteiger partial charge in [-0.25, -0.2) is 9.18 Å². The summed E-state index contributed by atoms with van der Waals surface area (Å²) in [5, 5.41) is 14.9. The first-order valence-corrected chi connectivity index (χ1v) is 12.3. The average molecular weight is 484 g/mol. The number of piperidine rings is 1. The third-order valence-corrected chi connectivity index (χ3v) is 6.35. The number of aryl methyl sites for hydroxylation is 1. The van der Waals surface area contributed by atoms with E-state index in [4.69, 9.17) is 4.74 Å². The Hall–Kier alpha value is -2.84. The van der Waals surface area contributed by atoms with Crippen LogP contribution < -0.4 is 0 Å². The number of rotatable bonds is 7. The Morgan fingerprint density at radius 1 is 1.23 bits per heavy atom. The van der Waals surface area contributed by atoms with Crippen molar-refractivity contribution in [1.82, 2.24) is 14.7 Å². The Morgan fingerprint density at radius 3 is 2.66 bits per heavy atom. The summed E-state index contributed by atoms with van der Waals surface area (Å²) in [5.74, 6) is -0.304. The monoisotopic (exact) mass is 483 g/mol. The van der Waals surface area contributed by atoms with Gasteiger partial charge in [0.25, 0.3) is 0 Å². The van der Waals surface area contributed by atoms with Crippen molar-refractivity contribution in [3.05, 3.63) is 65.3 Å². The quantitative estimate of drug-likeness (QED) is 0.586. The molecule has 2 fully saturated rings. The Labute approximate surface area is 205 Å². The molecule has 8 heteroatoms. The predicted molar refractivity (Wildman–Crippen MR) is 129 cm³/mol. The van der Waals surface area contributed by atoms with Crippen molar-refractivity contribution in [3.63, 3.8) is 0 Å². The lowest BCUT2D eigenvalue weighted by molar-refractivity contribution is -0.126. The van der Waals surface area contributed by atoms with Crippen LogP contribution in [0.3, 0.4) is 0 Å². The van der Waals surface area contributed by atoms with E-state index in [0.29, 0.717) is 37.9 Å². The number of aromatic nitrogens is 2. The van der Waals surface area contributed by atoms with Crippen molar-refractivity contribution in [2.24, 2.45) is 5.92 Å². The molecule has 2 unspecified atom stereocenters. The molecule has 2 aromatic rings. The molecule has 0 bridgehead atoms. The van der Waals surface area contributed by atoms with Gasteiger partial charge in [0.2, 0.25) is 0 Å². The number of ether oxygens (including phenoxy) is 1. The second-order valence-electron chi connectivity index (χ2n) is 10.4. The van der Waals surface area contributed by atoms with E-state index in [0.717, 1.165) is 24.1 Å². The summed E-state index contributed by atoms with van der Waals surface area (Å²) in [6.45, 7) is 6.33. The van der Waals surface area contributed by atoms with Gasteiger partial charge >= 0.3 is 6.09 Å². The summed E-state index contributed by atoms with van der Waals surface area (Å²) in [7, 11) is 0. The molecule has 1 aliphatic carbocycles. The Morgan fingerprint density at radius 2 is 1.97 bits per heavy atom. The Bertz CT molecular complexity index is 1100. The van der Waals surface area contributed by atoms with Gasteiger partial charge in [-0.1, -0.05) is 24.3 Å². The molecule has 188 valence electrons. The van der Waals surface area contributed by atoms with Crippen molar-refractivity contribution < 1.29 is 23.8 Å². The maximum Gasteiger partial charge on any atom is 0.435 e. The molecular weight excluding hydrogens is 449 g/mol. The van der Waals surface area contributed by atoms with Gasteiger partial charge in [0.15, 0.2) is 5.78 Å². The van der Waals surface area contributed by atoms with Gasteiger partial charge in [0.05, 0.1) is 17.8 Å². The highest BCUT2D eigenvalue weighted by Gasteiger charge is 2.40. The van der Waals surface area contributed by atoms with Crippen LogP contribution in [0.1, 0.15) is 63.8 Å². The maximum absolute atomic E-state index is 14.7. The molecular formula is C27H34FN3O4. The van der Waals surface area contributed by atoms with Crippen LogP contribution >= 0.6 is 0 Å². The van der Waals surface area contributed by atoms with Crippen molar-refractivity contribution >= 4 is 11.9 Å². The number of hydrogen-bond acceptors (Lipinski definition) is 6. The first-order valence-electron chi connectivity index (χ1n) is 12.3. The van der Waals surface area contributed by atoms with Crippen LogP contribution in [0.5, 0.6) is 0 Å². The van der Waals surface area contributed by atoms with Crippen molar-refractivity contribution in [2.75, 3.05) is 13.1 Å². The zero-order valence-electron chi connectivity index (χ0n) is 20.6. The minimum Gasteiger partial charge on any atom is -0.442 e. The fraction of sp³-hybridized carbons (Fsp3) is 0.519. The molecule has 0 amide bonds. The molecule has 1 N–H and O–H groups in total. The zero-order valence-corrected chi connectivity index (χ0v) is 20.6. The van der Waals surface area contributed by atoms with Crippen LogP contribution in [0, 0.1) is 11.7 Å². The largest absolute Gasteiger partial charge is 0.442 e. The highest BCUT2D eigenvalue weighted by atomic mass is 19.1. The third kappa shape index (κ3) is 6.44. The average Bonchev–Trinajstić information content (AvgIpc) is 3.54. The molecule has 1 saturated carbocycles. The number of likely N-dealkylation sites (tertiary alicyclic amines) is 1. The number of hydrogen-bond donors (Lipinski definition) is 1. The SMILES string of the molecule is CC(C)(C)OC(=O)n1ccc(CC/C=C2/CN(C(C(=O)C3CC3)c3ccccc3F)CCC2O)n1. The normalized spacial score (nSPS) is 21.2.